The zero-order valence-electron chi connectivity index (χ0n) is 23.5. The Labute approximate surface area is 246 Å². The zero-order chi connectivity index (χ0) is 29.7. The predicted molar refractivity (Wildman–Crippen MR) is 160 cm³/mol. The molecule has 1 unspecified atom stereocenters. The van der Waals surface area contributed by atoms with Gasteiger partial charge in [0, 0.05) is 51.1 Å². The number of hydrogen-bond donors (Lipinski definition) is 3. The second-order valence-electron chi connectivity index (χ2n) is 10.6. The first-order valence-electron chi connectivity index (χ1n) is 13.7. The first-order chi connectivity index (χ1) is 19.5. The number of likely N-dealkylation sites (tertiary alicyclic amines) is 1. The van der Waals surface area contributed by atoms with Gasteiger partial charge in [-0.3, -0.25) is 14.6 Å². The van der Waals surface area contributed by atoms with E-state index >= 15 is 0 Å². The van der Waals surface area contributed by atoms with Crippen molar-refractivity contribution in [2.75, 3.05) is 62.8 Å². The summed E-state index contributed by atoms with van der Waals surface area (Å²) in [6.07, 6.45) is 4.28. The maximum Gasteiger partial charge on any atom is 0.273 e. The minimum atomic E-state index is -2.79. The van der Waals surface area contributed by atoms with Crippen LogP contribution in [0, 0.1) is 5.82 Å². The number of aliphatic hydroxyl groups is 1. The number of rotatable bonds is 10. The fourth-order valence-electron chi connectivity index (χ4n) is 5.51. The molecule has 0 radical (unpaired) electrons. The number of halogens is 2. The fraction of sp³-hybridized carbons (Fsp3) is 0.556. The second-order valence-corrected chi connectivity index (χ2v) is 13.0. The van der Waals surface area contributed by atoms with Gasteiger partial charge in [-0.15, -0.1) is 0 Å². The molecule has 4 rings (SSSR count). The highest BCUT2D eigenvalue weighted by atomic mass is 35.5. The van der Waals surface area contributed by atoms with E-state index in [0.29, 0.717) is 31.5 Å². The number of hydrogen-bond acceptors (Lipinski definition) is 10. The third-order valence-electron chi connectivity index (χ3n) is 7.47. The lowest BCUT2D eigenvalue weighted by Crippen LogP contribution is -2.58. The lowest BCUT2D eigenvalue weighted by molar-refractivity contribution is 0.0610. The summed E-state index contributed by atoms with van der Waals surface area (Å²) in [5.41, 5.74) is 6.84. The summed E-state index contributed by atoms with van der Waals surface area (Å²) in [6, 6.07) is 5.48. The molecule has 226 valence electrons. The minimum Gasteiger partial charge on any atom is -0.406 e. The lowest BCUT2D eigenvalue weighted by atomic mass is 9.98. The third-order valence-corrected chi connectivity index (χ3v) is 8.26. The molecular formula is C27H39ClFN7O4S. The van der Waals surface area contributed by atoms with Gasteiger partial charge in [-0.1, -0.05) is 24.6 Å². The Hall–Kier alpha value is -2.71. The van der Waals surface area contributed by atoms with Crippen LogP contribution in [0.15, 0.2) is 18.2 Å². The van der Waals surface area contributed by atoms with Gasteiger partial charge in [0.2, 0.25) is 0 Å². The molecule has 2 aliphatic heterocycles. The summed E-state index contributed by atoms with van der Waals surface area (Å²) in [6.45, 7) is 6.73. The molecule has 11 nitrogen and oxygen atoms in total. The van der Waals surface area contributed by atoms with Gasteiger partial charge in [-0.25, -0.2) is 18.6 Å². The Morgan fingerprint density at radius 3 is 2.66 bits per heavy atom. The van der Waals surface area contributed by atoms with E-state index in [1.54, 1.807) is 6.07 Å². The maximum absolute atomic E-state index is 14.5. The lowest BCUT2D eigenvalue weighted by Gasteiger charge is -2.47. The van der Waals surface area contributed by atoms with Crippen molar-refractivity contribution in [3.8, 4) is 5.75 Å². The summed E-state index contributed by atoms with van der Waals surface area (Å²) in [5.74, 6) is 2.76. The molecule has 4 N–H and O–H groups in total. The monoisotopic (exact) mass is 611 g/mol. The number of carbonyl (C=O) groups is 1. The number of nitrogen functional groups attached to an aromatic ring is 1. The summed E-state index contributed by atoms with van der Waals surface area (Å²) < 4.78 is 31.3. The van der Waals surface area contributed by atoms with Gasteiger partial charge >= 0.3 is 0 Å². The van der Waals surface area contributed by atoms with Crippen LogP contribution in [0.1, 0.15) is 42.2 Å². The highest BCUT2D eigenvalue weighted by Gasteiger charge is 2.34. The smallest absolute Gasteiger partial charge is 0.273 e. The summed E-state index contributed by atoms with van der Waals surface area (Å²) >= 11 is 6.45. The molecule has 1 aromatic heterocycles. The van der Waals surface area contributed by atoms with Crippen LogP contribution in [0.5, 0.6) is 5.75 Å². The van der Waals surface area contributed by atoms with Crippen LogP contribution in [0.3, 0.4) is 0 Å². The summed E-state index contributed by atoms with van der Waals surface area (Å²) in [4.78, 5) is 27.9. The van der Waals surface area contributed by atoms with E-state index in [-0.39, 0.29) is 41.6 Å². The minimum absolute atomic E-state index is 0.00268. The Morgan fingerprint density at radius 2 is 2.02 bits per heavy atom. The molecule has 2 aliphatic rings. The zero-order valence-corrected chi connectivity index (χ0v) is 25.1. The average molecular weight is 612 g/mol. The van der Waals surface area contributed by atoms with Crippen molar-refractivity contribution < 1.29 is 22.7 Å². The number of aromatic nitrogens is 2. The Kier molecular flexibility index (Phi) is 10.3. The molecule has 0 saturated carbocycles. The number of nitrogens with zero attached hydrogens (tertiary/aromatic N) is 5. The molecule has 41 heavy (non-hydrogen) atoms. The molecular weight excluding hydrogens is 573 g/mol. The number of piperidine rings is 1. The molecule has 14 heteroatoms. The van der Waals surface area contributed by atoms with E-state index in [9.17, 15) is 13.4 Å². The van der Waals surface area contributed by atoms with Gasteiger partial charge in [0.05, 0.1) is 6.61 Å². The number of nitrogens with one attached hydrogen (secondary N) is 1. The average Bonchev–Trinajstić information content (AvgIpc) is 2.93. The van der Waals surface area contributed by atoms with Crippen LogP contribution in [-0.2, 0) is 16.3 Å². The number of nitrogens with two attached hydrogens (primary N) is 1. The first kappa shape index (κ1) is 31.2. The quantitative estimate of drug-likeness (QED) is 0.341. The van der Waals surface area contributed by atoms with Crippen molar-refractivity contribution in [3.63, 3.8) is 0 Å². The largest absolute Gasteiger partial charge is 0.406 e. The molecule has 2 aromatic rings. The Morgan fingerprint density at radius 1 is 1.29 bits per heavy atom. The molecule has 0 spiro atoms. The molecule has 3 heterocycles. The third kappa shape index (κ3) is 7.98. The van der Waals surface area contributed by atoms with E-state index < -0.39 is 21.5 Å². The van der Waals surface area contributed by atoms with Crippen molar-refractivity contribution in [2.24, 2.45) is 0 Å². The molecule has 2 saturated heterocycles. The van der Waals surface area contributed by atoms with Crippen LogP contribution in [0.25, 0.3) is 0 Å². The highest BCUT2D eigenvalue weighted by Crippen LogP contribution is 2.30. The van der Waals surface area contributed by atoms with Crippen molar-refractivity contribution in [1.29, 1.82) is 0 Å². The van der Waals surface area contributed by atoms with E-state index in [2.05, 4.69) is 42.8 Å². The Bertz CT molecular complexity index is 1340. The van der Waals surface area contributed by atoms with Crippen molar-refractivity contribution in [3.05, 3.63) is 40.4 Å². The van der Waals surface area contributed by atoms with Crippen LogP contribution in [0.2, 0.25) is 5.15 Å². The van der Waals surface area contributed by atoms with Crippen LogP contribution < -0.4 is 20.1 Å². The van der Waals surface area contributed by atoms with Gasteiger partial charge < -0.3 is 25.2 Å². The van der Waals surface area contributed by atoms with E-state index in [0.717, 1.165) is 44.5 Å². The van der Waals surface area contributed by atoms with Crippen LogP contribution >= 0.6 is 11.6 Å². The Balaban J connectivity index is 1.33. The molecule has 1 aromatic carbocycles. The highest BCUT2D eigenvalue weighted by molar-refractivity contribution is 7.95. The predicted octanol–water partition coefficient (Wildman–Crippen LogP) is 1.78. The summed E-state index contributed by atoms with van der Waals surface area (Å²) in [7, 11) is -2.79. The molecule has 0 bridgehead atoms. The second kappa shape index (κ2) is 13.5. The number of anilines is 2. The molecule has 0 aliphatic carbocycles. The van der Waals surface area contributed by atoms with E-state index in [4.69, 9.17) is 26.6 Å². The van der Waals surface area contributed by atoms with Crippen molar-refractivity contribution in [2.45, 2.75) is 44.8 Å². The van der Waals surface area contributed by atoms with Gasteiger partial charge in [-0.2, -0.15) is 0 Å². The van der Waals surface area contributed by atoms with E-state index in [1.165, 1.54) is 18.4 Å². The maximum atomic E-state index is 14.5. The fourth-order valence-corrected chi connectivity index (χ4v) is 6.27. The van der Waals surface area contributed by atoms with Gasteiger partial charge in [0.1, 0.15) is 9.80 Å². The SMILES string of the molecule is C=S(C)(=O)Oc1ccc(CN2CCC(N3CCN(c4nc(N)c(C(=O)NCCO)nc4Cl)C[C@@H]3CC)CC2)cc1F. The van der Waals surface area contributed by atoms with Crippen LogP contribution in [0.4, 0.5) is 16.0 Å². The van der Waals surface area contributed by atoms with E-state index in [1.807, 2.05) is 0 Å². The van der Waals surface area contributed by atoms with Gasteiger partial charge in [-0.05, 0) is 55.9 Å². The number of benzene rings is 1. The normalized spacial score (nSPS) is 20.5. The first-order valence-corrected chi connectivity index (χ1v) is 16.2. The number of carbonyl (C=O) groups excluding carboxylic acids is 1. The van der Waals surface area contributed by atoms with Crippen LogP contribution in [-0.4, -0.2) is 105 Å². The van der Waals surface area contributed by atoms with Crippen molar-refractivity contribution in [1.82, 2.24) is 25.1 Å². The molecule has 1 amide bonds. The molecule has 2 atom stereocenters. The topological polar surface area (TPSA) is 137 Å². The van der Waals surface area contributed by atoms with Gasteiger partial charge in [0.15, 0.2) is 34.0 Å². The molecule has 2 fully saturated rings. The summed E-state index contributed by atoms with van der Waals surface area (Å²) in [5, 5.41) is 11.6. The number of amides is 1. The number of piperazine rings is 1. The van der Waals surface area contributed by atoms with Gasteiger partial charge in [0.25, 0.3) is 5.91 Å². The standard InChI is InChI=1S/C27H39ClFN7O4S/c1-4-19-17-35(26-24(28)32-23(25(30)33-26)27(38)31-9-14-37)12-13-36(19)20-7-10-34(11-8-20)16-18-5-6-22(21(29)15-18)40-41(2,3)39/h5-6,15,19-20,37H,2,4,7-14,16-17H2,1,3H3,(H2,30,33)(H,31,38)/t19-,41?/m0/s1. The van der Waals surface area contributed by atoms with Crippen molar-refractivity contribution >= 4 is 44.8 Å². The number of aliphatic hydroxyl groups excluding tert-OH is 1.